The lowest BCUT2D eigenvalue weighted by atomic mass is 10.1. The molecule has 0 atom stereocenters. The summed E-state index contributed by atoms with van der Waals surface area (Å²) in [6, 6.07) is 21.5. The number of hydrogen-bond acceptors (Lipinski definition) is 4. The van der Waals surface area contributed by atoms with Crippen LogP contribution in [-0.4, -0.2) is 21.9 Å². The van der Waals surface area contributed by atoms with Crippen molar-refractivity contribution >= 4 is 17.4 Å². The second-order valence-electron chi connectivity index (χ2n) is 6.30. The fraction of sp³-hybridized carbons (Fsp3) is 0.190. The van der Waals surface area contributed by atoms with Crippen molar-refractivity contribution in [2.75, 3.05) is 10.2 Å². The SMILES string of the molecule is CC(C)Nc1cc(C(=O)N(Cc2ccccc2)c2ccccc2)ncn1. The maximum Gasteiger partial charge on any atom is 0.277 e. The van der Waals surface area contributed by atoms with E-state index in [1.54, 1.807) is 11.0 Å². The molecule has 0 spiro atoms. The number of benzene rings is 2. The van der Waals surface area contributed by atoms with Crippen LogP contribution < -0.4 is 10.2 Å². The zero-order valence-corrected chi connectivity index (χ0v) is 15.0. The van der Waals surface area contributed by atoms with Crippen LogP contribution in [0.5, 0.6) is 0 Å². The van der Waals surface area contributed by atoms with Gasteiger partial charge in [-0.15, -0.1) is 0 Å². The van der Waals surface area contributed by atoms with Crippen LogP contribution in [0.3, 0.4) is 0 Å². The van der Waals surface area contributed by atoms with Crippen LogP contribution in [-0.2, 0) is 6.54 Å². The molecule has 1 amide bonds. The van der Waals surface area contributed by atoms with E-state index in [-0.39, 0.29) is 11.9 Å². The van der Waals surface area contributed by atoms with E-state index in [0.717, 1.165) is 11.3 Å². The third-order valence-electron chi connectivity index (χ3n) is 3.82. The van der Waals surface area contributed by atoms with Crippen LogP contribution in [0.15, 0.2) is 73.1 Å². The van der Waals surface area contributed by atoms with Gasteiger partial charge in [-0.05, 0) is 31.5 Å². The quantitative estimate of drug-likeness (QED) is 0.729. The van der Waals surface area contributed by atoms with E-state index < -0.39 is 0 Å². The number of nitrogens with zero attached hydrogens (tertiary/aromatic N) is 3. The molecule has 0 aliphatic heterocycles. The molecule has 0 aliphatic carbocycles. The molecule has 2 aromatic carbocycles. The molecule has 1 aromatic heterocycles. The van der Waals surface area contributed by atoms with Gasteiger partial charge in [-0.2, -0.15) is 0 Å². The molecule has 0 bridgehead atoms. The van der Waals surface area contributed by atoms with Crippen molar-refractivity contribution in [3.63, 3.8) is 0 Å². The van der Waals surface area contributed by atoms with Gasteiger partial charge in [-0.3, -0.25) is 4.79 Å². The zero-order chi connectivity index (χ0) is 18.4. The lowest BCUT2D eigenvalue weighted by molar-refractivity contribution is 0.0980. The zero-order valence-electron chi connectivity index (χ0n) is 15.0. The van der Waals surface area contributed by atoms with Gasteiger partial charge in [0.25, 0.3) is 5.91 Å². The summed E-state index contributed by atoms with van der Waals surface area (Å²) < 4.78 is 0. The monoisotopic (exact) mass is 346 g/mol. The minimum atomic E-state index is -0.158. The average molecular weight is 346 g/mol. The first-order valence-corrected chi connectivity index (χ1v) is 8.63. The summed E-state index contributed by atoms with van der Waals surface area (Å²) in [6.07, 6.45) is 1.42. The van der Waals surface area contributed by atoms with E-state index in [4.69, 9.17) is 0 Å². The molecule has 0 radical (unpaired) electrons. The Hall–Kier alpha value is -3.21. The second kappa shape index (κ2) is 8.25. The Morgan fingerprint density at radius 2 is 1.65 bits per heavy atom. The Bertz CT molecular complexity index is 850. The minimum Gasteiger partial charge on any atom is -0.368 e. The van der Waals surface area contributed by atoms with Crippen LogP contribution in [0.1, 0.15) is 29.9 Å². The van der Waals surface area contributed by atoms with Crippen molar-refractivity contribution in [1.29, 1.82) is 0 Å². The van der Waals surface area contributed by atoms with E-state index in [1.807, 2.05) is 74.5 Å². The molecule has 0 fully saturated rings. The van der Waals surface area contributed by atoms with Gasteiger partial charge in [0.05, 0.1) is 6.54 Å². The molecule has 1 N–H and O–H groups in total. The van der Waals surface area contributed by atoms with Crippen LogP contribution >= 0.6 is 0 Å². The molecule has 0 unspecified atom stereocenters. The highest BCUT2D eigenvalue weighted by Gasteiger charge is 2.20. The number of anilines is 2. The van der Waals surface area contributed by atoms with Gasteiger partial charge in [-0.1, -0.05) is 48.5 Å². The fourth-order valence-corrected chi connectivity index (χ4v) is 2.64. The lowest BCUT2D eigenvalue weighted by Crippen LogP contribution is -2.31. The lowest BCUT2D eigenvalue weighted by Gasteiger charge is -2.23. The van der Waals surface area contributed by atoms with Crippen molar-refractivity contribution in [1.82, 2.24) is 9.97 Å². The number of carbonyl (C=O) groups excluding carboxylic acids is 1. The van der Waals surface area contributed by atoms with Gasteiger partial charge < -0.3 is 10.2 Å². The first-order valence-electron chi connectivity index (χ1n) is 8.63. The molecular weight excluding hydrogens is 324 g/mol. The predicted octanol–water partition coefficient (Wildman–Crippen LogP) is 4.14. The normalized spacial score (nSPS) is 10.6. The molecule has 5 heteroatoms. The average Bonchev–Trinajstić information content (AvgIpc) is 2.67. The van der Waals surface area contributed by atoms with Gasteiger partial charge in [-0.25, -0.2) is 9.97 Å². The number of rotatable bonds is 6. The molecule has 3 rings (SSSR count). The first kappa shape index (κ1) is 17.6. The molecule has 0 aliphatic rings. The Labute approximate surface area is 153 Å². The topological polar surface area (TPSA) is 58.1 Å². The molecule has 0 saturated carbocycles. The molecule has 3 aromatic rings. The highest BCUT2D eigenvalue weighted by molar-refractivity contribution is 6.05. The summed E-state index contributed by atoms with van der Waals surface area (Å²) in [5, 5.41) is 3.21. The molecule has 5 nitrogen and oxygen atoms in total. The highest BCUT2D eigenvalue weighted by atomic mass is 16.2. The summed E-state index contributed by atoms with van der Waals surface area (Å²) in [5.41, 5.74) is 2.25. The van der Waals surface area contributed by atoms with Gasteiger partial charge in [0.15, 0.2) is 0 Å². The van der Waals surface area contributed by atoms with Gasteiger partial charge in [0, 0.05) is 17.8 Å². The Kier molecular flexibility index (Phi) is 5.59. The number of nitrogens with one attached hydrogen (secondary N) is 1. The molecule has 132 valence electrons. The fourth-order valence-electron chi connectivity index (χ4n) is 2.64. The molecular formula is C21H22N4O. The number of carbonyl (C=O) groups is 1. The van der Waals surface area contributed by atoms with Gasteiger partial charge >= 0.3 is 0 Å². The summed E-state index contributed by atoms with van der Waals surface area (Å²) >= 11 is 0. The summed E-state index contributed by atoms with van der Waals surface area (Å²) in [4.78, 5) is 23.3. The Morgan fingerprint density at radius 1 is 1.00 bits per heavy atom. The minimum absolute atomic E-state index is 0.158. The van der Waals surface area contributed by atoms with Crippen molar-refractivity contribution in [3.05, 3.63) is 84.3 Å². The highest BCUT2D eigenvalue weighted by Crippen LogP contribution is 2.20. The third kappa shape index (κ3) is 4.45. The van der Waals surface area contributed by atoms with E-state index in [0.29, 0.717) is 18.1 Å². The second-order valence-corrected chi connectivity index (χ2v) is 6.30. The molecule has 0 saturated heterocycles. The Balaban J connectivity index is 1.92. The van der Waals surface area contributed by atoms with Crippen molar-refractivity contribution < 1.29 is 4.79 Å². The maximum atomic E-state index is 13.2. The molecule has 26 heavy (non-hydrogen) atoms. The predicted molar refractivity (Wildman–Crippen MR) is 104 cm³/mol. The third-order valence-corrected chi connectivity index (χ3v) is 3.82. The number of amides is 1. The maximum absolute atomic E-state index is 13.2. The van der Waals surface area contributed by atoms with E-state index in [2.05, 4.69) is 15.3 Å². The summed E-state index contributed by atoms with van der Waals surface area (Å²) in [5.74, 6) is 0.486. The van der Waals surface area contributed by atoms with Crippen molar-refractivity contribution in [3.8, 4) is 0 Å². The van der Waals surface area contributed by atoms with E-state index in [1.165, 1.54) is 6.33 Å². The smallest absolute Gasteiger partial charge is 0.277 e. The summed E-state index contributed by atoms with van der Waals surface area (Å²) in [6.45, 7) is 4.52. The van der Waals surface area contributed by atoms with Gasteiger partial charge in [0.1, 0.15) is 17.8 Å². The van der Waals surface area contributed by atoms with Crippen LogP contribution in [0.2, 0.25) is 0 Å². The largest absolute Gasteiger partial charge is 0.368 e. The van der Waals surface area contributed by atoms with Gasteiger partial charge in [0.2, 0.25) is 0 Å². The first-order chi connectivity index (χ1) is 12.6. The molecule has 1 heterocycles. The van der Waals surface area contributed by atoms with Crippen LogP contribution in [0, 0.1) is 0 Å². The number of hydrogen-bond donors (Lipinski definition) is 1. The van der Waals surface area contributed by atoms with Crippen molar-refractivity contribution in [2.24, 2.45) is 0 Å². The van der Waals surface area contributed by atoms with E-state index >= 15 is 0 Å². The standard InChI is InChI=1S/C21H22N4O/c1-16(2)24-20-13-19(22-15-23-20)21(26)25(18-11-7-4-8-12-18)14-17-9-5-3-6-10-17/h3-13,15-16H,14H2,1-2H3,(H,22,23,24). The van der Waals surface area contributed by atoms with E-state index in [9.17, 15) is 4.79 Å². The number of para-hydroxylation sites is 1. The van der Waals surface area contributed by atoms with Crippen LogP contribution in [0.25, 0.3) is 0 Å². The van der Waals surface area contributed by atoms with Crippen molar-refractivity contribution in [2.45, 2.75) is 26.4 Å². The Morgan fingerprint density at radius 3 is 2.31 bits per heavy atom. The summed E-state index contributed by atoms with van der Waals surface area (Å²) in [7, 11) is 0. The number of aromatic nitrogens is 2. The van der Waals surface area contributed by atoms with Crippen LogP contribution in [0.4, 0.5) is 11.5 Å².